The van der Waals surface area contributed by atoms with Crippen LogP contribution in [0.25, 0.3) is 0 Å². The van der Waals surface area contributed by atoms with Gasteiger partial charge in [0.05, 0.1) is 0 Å². The molecule has 1 aliphatic rings. The summed E-state index contributed by atoms with van der Waals surface area (Å²) >= 11 is 0. The molecule has 94 valence electrons. The Hall–Kier alpha value is -0.570. The first-order chi connectivity index (χ1) is 7.63. The van der Waals surface area contributed by atoms with Gasteiger partial charge in [0, 0.05) is 12.0 Å². The van der Waals surface area contributed by atoms with Crippen LogP contribution in [0.15, 0.2) is 0 Å². The van der Waals surface area contributed by atoms with Crippen molar-refractivity contribution in [2.24, 2.45) is 17.6 Å². The van der Waals surface area contributed by atoms with Crippen LogP contribution in [0, 0.1) is 11.8 Å². The molecule has 0 saturated heterocycles. The highest BCUT2D eigenvalue weighted by Crippen LogP contribution is 2.20. The zero-order valence-electron chi connectivity index (χ0n) is 10.7. The van der Waals surface area contributed by atoms with Crippen LogP contribution in [0.2, 0.25) is 0 Å². The summed E-state index contributed by atoms with van der Waals surface area (Å²) < 4.78 is 0. The van der Waals surface area contributed by atoms with Gasteiger partial charge in [0.15, 0.2) is 0 Å². The summed E-state index contributed by atoms with van der Waals surface area (Å²) in [5.74, 6) is 0.905. The van der Waals surface area contributed by atoms with Gasteiger partial charge in [-0.05, 0) is 38.1 Å². The first-order valence-electron chi connectivity index (χ1n) is 6.64. The van der Waals surface area contributed by atoms with E-state index in [9.17, 15) is 4.79 Å². The summed E-state index contributed by atoms with van der Waals surface area (Å²) in [5, 5.41) is 3.17. The smallest absolute Gasteiger partial charge is 0.223 e. The predicted molar refractivity (Wildman–Crippen MR) is 67.0 cm³/mol. The molecule has 3 nitrogen and oxygen atoms in total. The fourth-order valence-corrected chi connectivity index (χ4v) is 2.52. The summed E-state index contributed by atoms with van der Waals surface area (Å²) in [7, 11) is 0. The molecule has 0 spiro atoms. The lowest BCUT2D eigenvalue weighted by molar-refractivity contribution is -0.126. The molecule has 1 amide bonds. The fraction of sp³-hybridized carbons (Fsp3) is 0.923. The zero-order valence-corrected chi connectivity index (χ0v) is 10.7. The fourth-order valence-electron chi connectivity index (χ4n) is 2.52. The first kappa shape index (κ1) is 13.5. The van der Waals surface area contributed by atoms with Gasteiger partial charge in [-0.3, -0.25) is 4.79 Å². The average Bonchev–Trinajstić information content (AvgIpc) is 2.69. The van der Waals surface area contributed by atoms with E-state index in [1.54, 1.807) is 0 Å². The molecule has 0 aromatic rings. The van der Waals surface area contributed by atoms with Gasteiger partial charge >= 0.3 is 0 Å². The van der Waals surface area contributed by atoms with Crippen LogP contribution in [-0.2, 0) is 4.79 Å². The minimum absolute atomic E-state index is 0.116. The van der Waals surface area contributed by atoms with E-state index < -0.39 is 0 Å². The molecule has 0 radical (unpaired) electrons. The van der Waals surface area contributed by atoms with Gasteiger partial charge in [0.1, 0.15) is 0 Å². The Morgan fingerprint density at radius 3 is 2.50 bits per heavy atom. The van der Waals surface area contributed by atoms with Crippen LogP contribution in [0.1, 0.15) is 52.4 Å². The summed E-state index contributed by atoms with van der Waals surface area (Å²) in [6.07, 6.45) is 6.60. The Morgan fingerprint density at radius 1 is 1.38 bits per heavy atom. The van der Waals surface area contributed by atoms with E-state index in [0.29, 0.717) is 18.5 Å². The van der Waals surface area contributed by atoms with Crippen molar-refractivity contribution in [1.82, 2.24) is 5.32 Å². The van der Waals surface area contributed by atoms with Gasteiger partial charge in [-0.15, -0.1) is 0 Å². The predicted octanol–water partition coefficient (Wildman–Crippen LogP) is 2.06. The minimum atomic E-state index is 0.116. The van der Waals surface area contributed by atoms with Crippen molar-refractivity contribution in [3.63, 3.8) is 0 Å². The molecule has 1 rings (SSSR count). The largest absolute Gasteiger partial charge is 0.353 e. The van der Waals surface area contributed by atoms with Crippen LogP contribution in [0.3, 0.4) is 0 Å². The third-order valence-electron chi connectivity index (χ3n) is 3.34. The van der Waals surface area contributed by atoms with Gasteiger partial charge in [-0.2, -0.15) is 0 Å². The van der Waals surface area contributed by atoms with E-state index in [-0.39, 0.29) is 11.8 Å². The molecular formula is C13H26N2O. The Bertz CT molecular complexity index is 210. The highest BCUT2D eigenvalue weighted by molar-refractivity contribution is 5.79. The molecule has 1 fully saturated rings. The molecule has 1 atom stereocenters. The molecule has 0 bridgehead atoms. The second kappa shape index (κ2) is 6.89. The lowest BCUT2D eigenvalue weighted by Gasteiger charge is -2.20. The SMILES string of the molecule is CC(C)CC(CCN)C(=O)NC1CCCC1. The van der Waals surface area contributed by atoms with Crippen LogP contribution in [0.4, 0.5) is 0 Å². The summed E-state index contributed by atoms with van der Waals surface area (Å²) in [6.45, 7) is 4.92. The maximum absolute atomic E-state index is 12.1. The Labute approximate surface area is 99.2 Å². The molecule has 0 aromatic heterocycles. The second-order valence-corrected chi connectivity index (χ2v) is 5.39. The normalized spacial score (nSPS) is 19.0. The molecule has 1 unspecified atom stereocenters. The third-order valence-corrected chi connectivity index (χ3v) is 3.34. The Balaban J connectivity index is 2.39. The lowest BCUT2D eigenvalue weighted by atomic mass is 9.93. The molecule has 3 N–H and O–H groups in total. The number of hydrogen-bond donors (Lipinski definition) is 2. The van der Waals surface area contributed by atoms with E-state index in [1.165, 1.54) is 12.8 Å². The zero-order chi connectivity index (χ0) is 12.0. The quantitative estimate of drug-likeness (QED) is 0.728. The average molecular weight is 226 g/mol. The van der Waals surface area contributed by atoms with Crippen molar-refractivity contribution < 1.29 is 4.79 Å². The lowest BCUT2D eigenvalue weighted by Crippen LogP contribution is -2.38. The minimum Gasteiger partial charge on any atom is -0.353 e. The van der Waals surface area contributed by atoms with Crippen molar-refractivity contribution >= 4 is 5.91 Å². The van der Waals surface area contributed by atoms with Gasteiger partial charge in [0.25, 0.3) is 0 Å². The second-order valence-electron chi connectivity index (χ2n) is 5.39. The molecule has 0 aliphatic heterocycles. The van der Waals surface area contributed by atoms with Crippen molar-refractivity contribution in [1.29, 1.82) is 0 Å². The van der Waals surface area contributed by atoms with E-state index in [2.05, 4.69) is 19.2 Å². The Kier molecular flexibility index (Phi) is 5.81. The maximum Gasteiger partial charge on any atom is 0.223 e. The summed E-state index contributed by atoms with van der Waals surface area (Å²) in [5.41, 5.74) is 5.57. The Morgan fingerprint density at radius 2 is 2.00 bits per heavy atom. The molecule has 0 heterocycles. The van der Waals surface area contributed by atoms with E-state index in [4.69, 9.17) is 5.73 Å². The highest BCUT2D eigenvalue weighted by atomic mass is 16.1. The number of rotatable bonds is 6. The molecule has 0 aromatic carbocycles. The van der Waals surface area contributed by atoms with Crippen LogP contribution >= 0.6 is 0 Å². The number of carbonyl (C=O) groups excluding carboxylic acids is 1. The van der Waals surface area contributed by atoms with Crippen LogP contribution in [0.5, 0.6) is 0 Å². The number of hydrogen-bond acceptors (Lipinski definition) is 2. The van der Waals surface area contributed by atoms with E-state index in [0.717, 1.165) is 25.7 Å². The number of amides is 1. The molecule has 3 heteroatoms. The third kappa shape index (κ3) is 4.52. The summed E-state index contributed by atoms with van der Waals surface area (Å²) in [4.78, 5) is 12.1. The van der Waals surface area contributed by atoms with Crippen LogP contribution < -0.4 is 11.1 Å². The van der Waals surface area contributed by atoms with E-state index in [1.807, 2.05) is 0 Å². The monoisotopic (exact) mass is 226 g/mol. The molecule has 1 aliphatic carbocycles. The molecule has 16 heavy (non-hydrogen) atoms. The topological polar surface area (TPSA) is 55.1 Å². The summed E-state index contributed by atoms with van der Waals surface area (Å²) in [6, 6.07) is 0.430. The standard InChI is InChI=1S/C13H26N2O/c1-10(2)9-11(7-8-14)13(16)15-12-5-3-4-6-12/h10-12H,3-9,14H2,1-2H3,(H,15,16). The van der Waals surface area contributed by atoms with E-state index >= 15 is 0 Å². The van der Waals surface area contributed by atoms with Gasteiger partial charge in [-0.1, -0.05) is 26.7 Å². The maximum atomic E-state index is 12.1. The van der Waals surface area contributed by atoms with Crippen molar-refractivity contribution in [2.45, 2.75) is 58.4 Å². The van der Waals surface area contributed by atoms with Crippen molar-refractivity contribution in [3.8, 4) is 0 Å². The van der Waals surface area contributed by atoms with Crippen molar-refractivity contribution in [3.05, 3.63) is 0 Å². The van der Waals surface area contributed by atoms with Gasteiger partial charge in [-0.25, -0.2) is 0 Å². The number of nitrogens with one attached hydrogen (secondary N) is 1. The molecular weight excluding hydrogens is 200 g/mol. The molecule has 1 saturated carbocycles. The number of nitrogens with two attached hydrogens (primary N) is 1. The number of carbonyl (C=O) groups is 1. The van der Waals surface area contributed by atoms with Crippen LogP contribution in [-0.4, -0.2) is 18.5 Å². The van der Waals surface area contributed by atoms with Gasteiger partial charge in [0.2, 0.25) is 5.91 Å². The van der Waals surface area contributed by atoms with Gasteiger partial charge < -0.3 is 11.1 Å². The van der Waals surface area contributed by atoms with Crippen molar-refractivity contribution in [2.75, 3.05) is 6.54 Å². The highest BCUT2D eigenvalue weighted by Gasteiger charge is 2.23. The first-order valence-corrected chi connectivity index (χ1v) is 6.64.